The van der Waals surface area contributed by atoms with Crippen molar-refractivity contribution in [3.63, 3.8) is 0 Å². The Morgan fingerprint density at radius 3 is 2.59 bits per heavy atom. The Labute approximate surface area is 109 Å². The number of thiophene rings is 1. The van der Waals surface area contributed by atoms with Crippen molar-refractivity contribution in [1.29, 1.82) is 0 Å². The van der Waals surface area contributed by atoms with Crippen LogP contribution in [0.3, 0.4) is 0 Å². The van der Waals surface area contributed by atoms with E-state index in [1.165, 1.54) is 41.1 Å². The Kier molecular flexibility index (Phi) is 4.23. The molecule has 0 aliphatic heterocycles. The minimum atomic E-state index is 0.403. The van der Waals surface area contributed by atoms with Crippen molar-refractivity contribution in [1.82, 2.24) is 4.90 Å². The summed E-state index contributed by atoms with van der Waals surface area (Å²) in [6, 6.07) is 2.72. The fourth-order valence-electron chi connectivity index (χ4n) is 2.74. The molecule has 1 unspecified atom stereocenters. The normalized spacial score (nSPS) is 18.4. The summed E-state index contributed by atoms with van der Waals surface area (Å²) in [6.45, 7) is 6.32. The van der Waals surface area contributed by atoms with Gasteiger partial charge >= 0.3 is 0 Å². The van der Waals surface area contributed by atoms with Gasteiger partial charge in [-0.1, -0.05) is 6.42 Å². The molecule has 1 aromatic heterocycles. The summed E-state index contributed by atoms with van der Waals surface area (Å²) in [5, 5.41) is 0. The molecule has 3 heteroatoms. The first-order chi connectivity index (χ1) is 8.11. The molecule has 0 amide bonds. The van der Waals surface area contributed by atoms with Crippen LogP contribution in [0.15, 0.2) is 6.07 Å². The highest BCUT2D eigenvalue weighted by Gasteiger charge is 2.24. The maximum atomic E-state index is 5.98. The average Bonchev–Trinajstić information content (AvgIpc) is 2.53. The smallest absolute Gasteiger partial charge is 0.0478 e. The lowest BCUT2D eigenvalue weighted by atomic mass is 9.85. The van der Waals surface area contributed by atoms with Crippen LogP contribution < -0.4 is 5.73 Å². The summed E-state index contributed by atoms with van der Waals surface area (Å²) in [4.78, 5) is 5.28. The Hall–Kier alpha value is -0.380. The molecule has 1 fully saturated rings. The van der Waals surface area contributed by atoms with Gasteiger partial charge < -0.3 is 5.73 Å². The third kappa shape index (κ3) is 2.90. The molecule has 2 rings (SSSR count). The fraction of sp³-hybridized carbons (Fsp3) is 0.714. The van der Waals surface area contributed by atoms with Gasteiger partial charge in [-0.15, -0.1) is 11.3 Å². The quantitative estimate of drug-likeness (QED) is 0.872. The molecule has 0 spiro atoms. The van der Waals surface area contributed by atoms with Gasteiger partial charge in [0.1, 0.15) is 0 Å². The van der Waals surface area contributed by atoms with Crippen LogP contribution in [0.4, 0.5) is 0 Å². The van der Waals surface area contributed by atoms with Gasteiger partial charge in [-0.3, -0.25) is 4.90 Å². The molecule has 0 saturated heterocycles. The number of nitrogens with zero attached hydrogens (tertiary/aromatic N) is 1. The highest BCUT2D eigenvalue weighted by atomic mass is 32.1. The van der Waals surface area contributed by atoms with Crippen LogP contribution in [0.1, 0.15) is 40.6 Å². The lowest BCUT2D eigenvalue weighted by molar-refractivity contribution is 0.165. The lowest BCUT2D eigenvalue weighted by Gasteiger charge is -2.34. The minimum Gasteiger partial charge on any atom is -0.329 e. The highest BCUT2D eigenvalue weighted by Crippen LogP contribution is 2.32. The van der Waals surface area contributed by atoms with Crippen molar-refractivity contribution in [3.8, 4) is 0 Å². The standard InChI is InChI=1S/C14H24N2S/c1-10-7-13(11(2)17-10)14(8-15)16(3)9-12-5-4-6-12/h7,12,14H,4-6,8-9,15H2,1-3H3. The van der Waals surface area contributed by atoms with Crippen molar-refractivity contribution in [3.05, 3.63) is 21.4 Å². The van der Waals surface area contributed by atoms with E-state index in [1.807, 2.05) is 11.3 Å². The van der Waals surface area contributed by atoms with Gasteiger partial charge in [-0.2, -0.15) is 0 Å². The van der Waals surface area contributed by atoms with Gasteiger partial charge in [0.25, 0.3) is 0 Å². The van der Waals surface area contributed by atoms with Gasteiger partial charge in [0, 0.05) is 28.9 Å². The largest absolute Gasteiger partial charge is 0.329 e. The second-order valence-electron chi connectivity index (χ2n) is 5.36. The van der Waals surface area contributed by atoms with Gasteiger partial charge in [0.15, 0.2) is 0 Å². The molecule has 1 heterocycles. The third-order valence-corrected chi connectivity index (χ3v) is 4.95. The molecule has 1 aromatic rings. The van der Waals surface area contributed by atoms with E-state index in [1.54, 1.807) is 0 Å². The topological polar surface area (TPSA) is 29.3 Å². The van der Waals surface area contributed by atoms with Crippen molar-refractivity contribution in [2.45, 2.75) is 39.2 Å². The SMILES string of the molecule is Cc1cc(C(CN)N(C)CC2CCC2)c(C)s1. The van der Waals surface area contributed by atoms with E-state index in [4.69, 9.17) is 5.73 Å². The van der Waals surface area contributed by atoms with Gasteiger partial charge in [-0.25, -0.2) is 0 Å². The van der Waals surface area contributed by atoms with E-state index in [0.717, 1.165) is 12.5 Å². The minimum absolute atomic E-state index is 0.403. The van der Waals surface area contributed by atoms with E-state index in [0.29, 0.717) is 6.04 Å². The number of rotatable bonds is 5. The van der Waals surface area contributed by atoms with Crippen molar-refractivity contribution >= 4 is 11.3 Å². The fourth-order valence-corrected chi connectivity index (χ4v) is 3.72. The Morgan fingerprint density at radius 2 is 2.18 bits per heavy atom. The van der Waals surface area contributed by atoms with Crippen molar-refractivity contribution in [2.24, 2.45) is 11.7 Å². The molecular weight excluding hydrogens is 228 g/mol. The maximum Gasteiger partial charge on any atom is 0.0478 e. The number of hydrogen-bond acceptors (Lipinski definition) is 3. The average molecular weight is 252 g/mol. The molecular formula is C14H24N2S. The van der Waals surface area contributed by atoms with E-state index >= 15 is 0 Å². The maximum absolute atomic E-state index is 5.98. The van der Waals surface area contributed by atoms with Crippen LogP contribution >= 0.6 is 11.3 Å². The van der Waals surface area contributed by atoms with Gasteiger partial charge in [0.2, 0.25) is 0 Å². The number of likely N-dealkylation sites (N-methyl/N-ethyl adjacent to an activating group) is 1. The van der Waals surface area contributed by atoms with Crippen LogP contribution in [0, 0.1) is 19.8 Å². The Morgan fingerprint density at radius 1 is 1.47 bits per heavy atom. The molecule has 0 radical (unpaired) electrons. The molecule has 2 nitrogen and oxygen atoms in total. The first-order valence-corrected chi connectivity index (χ1v) is 7.40. The summed E-state index contributed by atoms with van der Waals surface area (Å²) in [7, 11) is 2.22. The second kappa shape index (κ2) is 5.51. The monoisotopic (exact) mass is 252 g/mol. The van der Waals surface area contributed by atoms with Crippen LogP contribution in [0.25, 0.3) is 0 Å². The van der Waals surface area contributed by atoms with Gasteiger partial charge in [0.05, 0.1) is 0 Å². The van der Waals surface area contributed by atoms with Crippen LogP contribution in [0.5, 0.6) is 0 Å². The van der Waals surface area contributed by atoms with E-state index in [9.17, 15) is 0 Å². The zero-order chi connectivity index (χ0) is 12.4. The summed E-state index contributed by atoms with van der Waals surface area (Å²) in [5.41, 5.74) is 7.42. The predicted octanol–water partition coefficient (Wildman–Crippen LogP) is 3.10. The second-order valence-corrected chi connectivity index (χ2v) is 6.82. The van der Waals surface area contributed by atoms with Crippen molar-refractivity contribution < 1.29 is 0 Å². The molecule has 0 aromatic carbocycles. The number of nitrogens with two attached hydrogens (primary N) is 1. The number of hydrogen-bond donors (Lipinski definition) is 1. The molecule has 1 atom stereocenters. The first kappa shape index (κ1) is 13.1. The first-order valence-electron chi connectivity index (χ1n) is 6.59. The molecule has 96 valence electrons. The molecule has 1 saturated carbocycles. The summed E-state index contributed by atoms with van der Waals surface area (Å²) in [5.74, 6) is 0.911. The molecule has 1 aliphatic rings. The van der Waals surface area contributed by atoms with Gasteiger partial charge in [-0.05, 0) is 51.3 Å². The predicted molar refractivity (Wildman–Crippen MR) is 75.6 cm³/mol. The van der Waals surface area contributed by atoms with Crippen molar-refractivity contribution in [2.75, 3.05) is 20.1 Å². The zero-order valence-electron chi connectivity index (χ0n) is 11.2. The highest BCUT2D eigenvalue weighted by molar-refractivity contribution is 7.12. The van der Waals surface area contributed by atoms with Crippen LogP contribution in [-0.4, -0.2) is 25.0 Å². The van der Waals surface area contributed by atoms with Crippen LogP contribution in [-0.2, 0) is 0 Å². The molecule has 1 aliphatic carbocycles. The summed E-state index contributed by atoms with van der Waals surface area (Å²) < 4.78 is 0. The lowest BCUT2D eigenvalue weighted by Crippen LogP contribution is -2.36. The number of aryl methyl sites for hydroxylation is 2. The summed E-state index contributed by atoms with van der Waals surface area (Å²) in [6.07, 6.45) is 4.23. The zero-order valence-corrected chi connectivity index (χ0v) is 12.0. The molecule has 2 N–H and O–H groups in total. The van der Waals surface area contributed by atoms with E-state index in [2.05, 4.69) is 31.9 Å². The van der Waals surface area contributed by atoms with E-state index < -0.39 is 0 Å². The van der Waals surface area contributed by atoms with Crippen LogP contribution in [0.2, 0.25) is 0 Å². The van der Waals surface area contributed by atoms with E-state index in [-0.39, 0.29) is 0 Å². The molecule has 17 heavy (non-hydrogen) atoms. The third-order valence-electron chi connectivity index (χ3n) is 3.96. The molecule has 0 bridgehead atoms. The summed E-state index contributed by atoms with van der Waals surface area (Å²) >= 11 is 1.89. The Balaban J connectivity index is 2.06. The Bertz CT molecular complexity index is 368.